The molecule has 0 bridgehead atoms. The molecule has 1 fully saturated rings. The molecular formula is C10H17N2O4. The van der Waals surface area contributed by atoms with Crippen molar-refractivity contribution in [2.24, 2.45) is 5.92 Å². The summed E-state index contributed by atoms with van der Waals surface area (Å²) in [6, 6.07) is 0. The molecule has 6 heteroatoms. The highest BCUT2D eigenvalue weighted by atomic mass is 16.5. The van der Waals surface area contributed by atoms with Crippen molar-refractivity contribution in [2.75, 3.05) is 34.0 Å². The van der Waals surface area contributed by atoms with Gasteiger partial charge >= 0.3 is 0 Å². The fraction of sp³-hybridized carbons (Fsp3) is 0.800. The minimum Gasteiger partial charge on any atom is -0.381 e. The van der Waals surface area contributed by atoms with Crippen LogP contribution >= 0.6 is 0 Å². The number of hydrogen-bond acceptors (Lipinski definition) is 4. The molecular weight excluding hydrogens is 212 g/mol. The summed E-state index contributed by atoms with van der Waals surface area (Å²) in [5.74, 6) is -0.704. The average Bonchev–Trinajstić information content (AvgIpc) is 2.30. The second-order valence-electron chi connectivity index (χ2n) is 3.68. The number of hydrogen-bond donors (Lipinski definition) is 0. The van der Waals surface area contributed by atoms with Crippen LogP contribution in [0.25, 0.3) is 0 Å². The molecule has 0 atom stereocenters. The first-order chi connectivity index (χ1) is 7.65. The molecule has 0 aromatic rings. The monoisotopic (exact) mass is 229 g/mol. The standard InChI is InChI=1S/C10H17N2O4/c1-12(9(13)7-15-2)11-10(14)8-3-5-16-6-4-8/h8H,3-7H2,1-2H3. The summed E-state index contributed by atoms with van der Waals surface area (Å²) < 4.78 is 9.82. The van der Waals surface area contributed by atoms with Crippen LogP contribution in [-0.2, 0) is 19.1 Å². The lowest BCUT2D eigenvalue weighted by Gasteiger charge is -2.22. The Morgan fingerprint density at radius 3 is 2.62 bits per heavy atom. The lowest BCUT2D eigenvalue weighted by molar-refractivity contribution is -0.145. The highest BCUT2D eigenvalue weighted by Crippen LogP contribution is 2.14. The number of rotatable bonds is 3. The average molecular weight is 229 g/mol. The van der Waals surface area contributed by atoms with Crippen LogP contribution in [0.4, 0.5) is 0 Å². The van der Waals surface area contributed by atoms with Crippen molar-refractivity contribution in [1.29, 1.82) is 0 Å². The van der Waals surface area contributed by atoms with Crippen molar-refractivity contribution in [2.45, 2.75) is 12.8 Å². The Hall–Kier alpha value is -1.14. The summed E-state index contributed by atoms with van der Waals surface area (Å²) in [5.41, 5.74) is 3.73. The molecule has 0 aromatic carbocycles. The molecule has 91 valence electrons. The van der Waals surface area contributed by atoms with Gasteiger partial charge in [-0.3, -0.25) is 9.59 Å². The molecule has 2 amide bonds. The fourth-order valence-corrected chi connectivity index (χ4v) is 1.45. The highest BCUT2D eigenvalue weighted by molar-refractivity contribution is 5.83. The van der Waals surface area contributed by atoms with Gasteiger partial charge < -0.3 is 9.47 Å². The number of carbonyl (C=O) groups is 2. The number of ether oxygens (including phenoxy) is 2. The molecule has 0 N–H and O–H groups in total. The van der Waals surface area contributed by atoms with Gasteiger partial charge in [0.25, 0.3) is 11.8 Å². The largest absolute Gasteiger partial charge is 0.381 e. The van der Waals surface area contributed by atoms with E-state index in [4.69, 9.17) is 4.74 Å². The number of carbonyl (C=O) groups excluding carboxylic acids is 2. The normalized spacial score (nSPS) is 16.9. The maximum absolute atomic E-state index is 11.7. The van der Waals surface area contributed by atoms with Crippen LogP contribution in [-0.4, -0.2) is 50.8 Å². The number of methoxy groups -OCH3 is 1. The number of likely N-dealkylation sites (N-methyl/N-ethyl adjacent to an activating group) is 1. The smallest absolute Gasteiger partial charge is 0.268 e. The van der Waals surface area contributed by atoms with Gasteiger partial charge in [0.2, 0.25) is 0 Å². The lowest BCUT2D eigenvalue weighted by atomic mass is 10.00. The van der Waals surface area contributed by atoms with Crippen LogP contribution in [0.5, 0.6) is 0 Å². The quantitative estimate of drug-likeness (QED) is 0.615. The van der Waals surface area contributed by atoms with Gasteiger partial charge in [-0.2, -0.15) is 0 Å². The van der Waals surface area contributed by atoms with Crippen LogP contribution in [0.3, 0.4) is 0 Å². The van der Waals surface area contributed by atoms with E-state index in [0.29, 0.717) is 26.1 Å². The van der Waals surface area contributed by atoms with E-state index in [1.54, 1.807) is 0 Å². The second-order valence-corrected chi connectivity index (χ2v) is 3.68. The third-order valence-electron chi connectivity index (χ3n) is 2.45. The summed E-state index contributed by atoms with van der Waals surface area (Å²) in [6.07, 6.45) is 1.35. The predicted molar refractivity (Wildman–Crippen MR) is 55.3 cm³/mol. The van der Waals surface area contributed by atoms with Gasteiger partial charge in [0.1, 0.15) is 6.61 Å². The first-order valence-corrected chi connectivity index (χ1v) is 5.24. The molecule has 1 saturated heterocycles. The zero-order chi connectivity index (χ0) is 12.0. The van der Waals surface area contributed by atoms with E-state index in [-0.39, 0.29) is 24.3 Å². The Labute approximate surface area is 94.8 Å². The van der Waals surface area contributed by atoms with Crippen molar-refractivity contribution in [3.05, 3.63) is 0 Å². The van der Waals surface area contributed by atoms with E-state index in [1.807, 2.05) is 0 Å². The third-order valence-corrected chi connectivity index (χ3v) is 2.45. The van der Waals surface area contributed by atoms with Crippen LogP contribution in [0.2, 0.25) is 0 Å². The van der Waals surface area contributed by atoms with E-state index in [9.17, 15) is 9.59 Å². The molecule has 0 saturated carbocycles. The van der Waals surface area contributed by atoms with E-state index in [2.05, 4.69) is 10.2 Å². The van der Waals surface area contributed by atoms with Crippen LogP contribution in [0, 0.1) is 5.92 Å². The third kappa shape index (κ3) is 3.79. The molecule has 6 nitrogen and oxygen atoms in total. The van der Waals surface area contributed by atoms with Crippen molar-refractivity contribution in [1.82, 2.24) is 10.4 Å². The molecule has 0 unspecified atom stereocenters. The summed E-state index contributed by atoms with van der Waals surface area (Å²) >= 11 is 0. The summed E-state index contributed by atoms with van der Waals surface area (Å²) in [6.45, 7) is 1.10. The van der Waals surface area contributed by atoms with Crippen LogP contribution < -0.4 is 5.43 Å². The first-order valence-electron chi connectivity index (χ1n) is 5.24. The molecule has 16 heavy (non-hydrogen) atoms. The molecule has 1 aliphatic heterocycles. The van der Waals surface area contributed by atoms with Gasteiger partial charge in [-0.1, -0.05) is 0 Å². The highest BCUT2D eigenvalue weighted by Gasteiger charge is 2.25. The van der Waals surface area contributed by atoms with Crippen molar-refractivity contribution in [3.63, 3.8) is 0 Å². The molecule has 1 heterocycles. The van der Waals surface area contributed by atoms with Gasteiger partial charge in [-0.15, -0.1) is 5.43 Å². The fourth-order valence-electron chi connectivity index (χ4n) is 1.45. The molecule has 1 radical (unpaired) electrons. The van der Waals surface area contributed by atoms with E-state index in [0.717, 1.165) is 5.01 Å². The van der Waals surface area contributed by atoms with E-state index in [1.165, 1.54) is 14.2 Å². The van der Waals surface area contributed by atoms with Gasteiger partial charge in [0.15, 0.2) is 0 Å². The predicted octanol–water partition coefficient (Wildman–Crippen LogP) is -0.436. The van der Waals surface area contributed by atoms with Gasteiger partial charge in [-0.05, 0) is 12.8 Å². The zero-order valence-corrected chi connectivity index (χ0v) is 9.64. The summed E-state index contributed by atoms with van der Waals surface area (Å²) in [4.78, 5) is 23.0. The molecule has 0 aliphatic carbocycles. The van der Waals surface area contributed by atoms with Gasteiger partial charge in [-0.25, -0.2) is 5.01 Å². The van der Waals surface area contributed by atoms with Gasteiger partial charge in [0.05, 0.1) is 0 Å². The minimum atomic E-state index is -0.331. The van der Waals surface area contributed by atoms with Crippen molar-refractivity contribution in [3.8, 4) is 0 Å². The maximum Gasteiger partial charge on any atom is 0.268 e. The SMILES string of the molecule is COCC(=O)N(C)[N]C(=O)C1CCOCC1. The number of amides is 2. The first kappa shape index (κ1) is 12.9. The van der Waals surface area contributed by atoms with Crippen molar-refractivity contribution < 1.29 is 19.1 Å². The van der Waals surface area contributed by atoms with Crippen LogP contribution in [0.15, 0.2) is 0 Å². The maximum atomic E-state index is 11.7. The van der Waals surface area contributed by atoms with Crippen LogP contribution in [0.1, 0.15) is 12.8 Å². The Balaban J connectivity index is 2.34. The number of nitrogens with zero attached hydrogens (tertiary/aromatic N) is 2. The zero-order valence-electron chi connectivity index (χ0n) is 9.64. The van der Waals surface area contributed by atoms with Gasteiger partial charge in [0, 0.05) is 33.3 Å². The summed E-state index contributed by atoms with van der Waals surface area (Å²) in [5, 5.41) is 1.04. The van der Waals surface area contributed by atoms with E-state index < -0.39 is 0 Å². The molecule has 0 aromatic heterocycles. The second kappa shape index (κ2) is 6.44. The Kier molecular flexibility index (Phi) is 5.21. The Bertz CT molecular complexity index is 251. The lowest BCUT2D eigenvalue weighted by Crippen LogP contribution is -2.42. The molecule has 1 aliphatic rings. The summed E-state index contributed by atoms with van der Waals surface area (Å²) in [7, 11) is 2.88. The topological polar surface area (TPSA) is 69.9 Å². The van der Waals surface area contributed by atoms with E-state index >= 15 is 0 Å². The Morgan fingerprint density at radius 1 is 1.44 bits per heavy atom. The van der Waals surface area contributed by atoms with Crippen molar-refractivity contribution >= 4 is 11.8 Å². The Morgan fingerprint density at radius 2 is 2.06 bits per heavy atom. The molecule has 0 spiro atoms. The minimum absolute atomic E-state index is 0.0684. The molecule has 1 rings (SSSR count).